The Morgan fingerprint density at radius 1 is 1.23 bits per heavy atom. The third-order valence-corrected chi connectivity index (χ3v) is 8.97. The molecule has 3 rings (SSSR count). The topological polar surface area (TPSA) is 69.7 Å². The number of ether oxygens (including phenoxy) is 2. The van der Waals surface area contributed by atoms with Crippen molar-refractivity contribution in [1.29, 1.82) is 0 Å². The van der Waals surface area contributed by atoms with E-state index in [1.54, 1.807) is 30.3 Å². The van der Waals surface area contributed by atoms with E-state index in [1.165, 1.54) is 6.92 Å². The van der Waals surface area contributed by atoms with Gasteiger partial charge in [-0.25, -0.2) is 8.42 Å². The molecule has 1 aliphatic heterocycles. The fraction of sp³-hybridized carbons (Fsp3) is 0.650. The van der Waals surface area contributed by atoms with Crippen LogP contribution in [0, 0.1) is 5.41 Å². The first-order chi connectivity index (χ1) is 12.3. The number of sulfone groups is 1. The average molecular weight is 381 g/mol. The third kappa shape index (κ3) is 3.12. The number of hydrogen-bond donors (Lipinski definition) is 0. The predicted molar refractivity (Wildman–Crippen MR) is 98.5 cm³/mol. The van der Waals surface area contributed by atoms with Crippen LogP contribution in [0.2, 0.25) is 0 Å². The van der Waals surface area contributed by atoms with Gasteiger partial charge in [-0.2, -0.15) is 0 Å². The zero-order chi connectivity index (χ0) is 18.8. The van der Waals surface area contributed by atoms with Gasteiger partial charge in [-0.3, -0.25) is 4.79 Å². The van der Waals surface area contributed by atoms with Crippen LogP contribution in [0.1, 0.15) is 52.4 Å². The molecule has 1 unspecified atom stereocenters. The number of carbonyl (C=O) groups excluding carboxylic acids is 1. The molecule has 1 saturated heterocycles. The van der Waals surface area contributed by atoms with Crippen molar-refractivity contribution >= 4 is 15.6 Å². The molecule has 2 aliphatic rings. The molecule has 1 aliphatic carbocycles. The summed E-state index contributed by atoms with van der Waals surface area (Å²) in [6, 6.07) is 8.31. The van der Waals surface area contributed by atoms with Gasteiger partial charge in [0.15, 0.2) is 21.9 Å². The summed E-state index contributed by atoms with van der Waals surface area (Å²) >= 11 is 0. The molecule has 0 N–H and O–H groups in total. The Labute approximate surface area is 156 Å². The van der Waals surface area contributed by atoms with E-state index in [0.29, 0.717) is 32.5 Å². The van der Waals surface area contributed by atoms with E-state index in [2.05, 4.69) is 0 Å². The minimum Gasteiger partial charge on any atom is -0.353 e. The van der Waals surface area contributed by atoms with Crippen molar-refractivity contribution in [3.63, 3.8) is 0 Å². The van der Waals surface area contributed by atoms with Gasteiger partial charge in [0.25, 0.3) is 0 Å². The summed E-state index contributed by atoms with van der Waals surface area (Å²) in [7, 11) is -3.76. The van der Waals surface area contributed by atoms with Gasteiger partial charge in [0, 0.05) is 6.61 Å². The van der Waals surface area contributed by atoms with E-state index in [0.717, 1.165) is 19.3 Å². The first-order valence-corrected chi connectivity index (χ1v) is 10.9. The molecular formula is C20H28O5S. The summed E-state index contributed by atoms with van der Waals surface area (Å²) in [4.78, 5) is 12.8. The van der Waals surface area contributed by atoms with E-state index in [1.807, 2.05) is 6.92 Å². The van der Waals surface area contributed by atoms with Gasteiger partial charge < -0.3 is 9.47 Å². The molecule has 26 heavy (non-hydrogen) atoms. The number of rotatable bonds is 7. The summed E-state index contributed by atoms with van der Waals surface area (Å²) < 4.78 is 36.8. The number of benzene rings is 1. The maximum absolute atomic E-state index is 13.4. The summed E-state index contributed by atoms with van der Waals surface area (Å²) in [6.45, 7) is 4.43. The van der Waals surface area contributed by atoms with Gasteiger partial charge in [0.1, 0.15) is 4.75 Å². The lowest BCUT2D eigenvalue weighted by molar-refractivity contribution is -0.169. The number of Topliss-reactive ketones (excluding diaryl/α,β-unsaturated/α-hetero) is 1. The Morgan fingerprint density at radius 2 is 1.96 bits per heavy atom. The minimum atomic E-state index is -3.76. The van der Waals surface area contributed by atoms with Crippen LogP contribution >= 0.6 is 0 Å². The second kappa shape index (κ2) is 7.41. The van der Waals surface area contributed by atoms with E-state index in [9.17, 15) is 13.2 Å². The van der Waals surface area contributed by atoms with Crippen LogP contribution in [0.15, 0.2) is 35.2 Å². The predicted octanol–water partition coefficient (Wildman–Crippen LogP) is 3.52. The minimum absolute atomic E-state index is 0.204. The highest BCUT2D eigenvalue weighted by molar-refractivity contribution is 7.93. The summed E-state index contributed by atoms with van der Waals surface area (Å²) in [5.74, 6) is -0.274. The smallest absolute Gasteiger partial charge is 0.191 e. The zero-order valence-corrected chi connectivity index (χ0v) is 16.4. The van der Waals surface area contributed by atoms with Crippen molar-refractivity contribution in [1.82, 2.24) is 0 Å². The Balaban J connectivity index is 1.79. The second-order valence-corrected chi connectivity index (χ2v) is 9.85. The van der Waals surface area contributed by atoms with E-state index in [4.69, 9.17) is 9.47 Å². The highest BCUT2D eigenvalue weighted by Gasteiger charge is 2.66. The molecule has 0 bridgehead atoms. The van der Waals surface area contributed by atoms with Crippen LogP contribution in [0.3, 0.4) is 0 Å². The van der Waals surface area contributed by atoms with Gasteiger partial charge >= 0.3 is 0 Å². The van der Waals surface area contributed by atoms with Gasteiger partial charge in [-0.15, -0.1) is 0 Å². The second-order valence-electron chi connectivity index (χ2n) is 7.68. The summed E-state index contributed by atoms with van der Waals surface area (Å²) in [5.41, 5.74) is -0.623. The molecule has 1 heterocycles. The molecule has 0 radical (unpaired) electrons. The van der Waals surface area contributed by atoms with Gasteiger partial charge in [-0.05, 0) is 63.0 Å². The Hall–Kier alpha value is -1.24. The molecule has 6 heteroatoms. The maximum atomic E-state index is 13.4. The lowest BCUT2D eigenvalue weighted by Gasteiger charge is -2.55. The zero-order valence-electron chi connectivity index (χ0n) is 15.6. The molecule has 0 amide bonds. The lowest BCUT2D eigenvalue weighted by atomic mass is 9.57. The first kappa shape index (κ1) is 19.5. The molecule has 5 nitrogen and oxygen atoms in total. The molecular weight excluding hydrogens is 352 g/mol. The first-order valence-electron chi connectivity index (χ1n) is 9.37. The molecule has 144 valence electrons. The van der Waals surface area contributed by atoms with Crippen molar-refractivity contribution in [2.45, 2.75) is 68.3 Å². The molecule has 2 fully saturated rings. The van der Waals surface area contributed by atoms with Crippen LogP contribution < -0.4 is 0 Å². The lowest BCUT2D eigenvalue weighted by Crippen LogP contribution is -2.65. The van der Waals surface area contributed by atoms with Gasteiger partial charge in [-0.1, -0.05) is 25.1 Å². The van der Waals surface area contributed by atoms with E-state index in [-0.39, 0.29) is 17.0 Å². The Bertz CT molecular complexity index is 739. The van der Waals surface area contributed by atoms with Crippen LogP contribution in [-0.4, -0.2) is 38.5 Å². The molecule has 0 spiro atoms. The summed E-state index contributed by atoms with van der Waals surface area (Å²) in [5, 5.41) is 0. The molecule has 1 aromatic rings. The fourth-order valence-corrected chi connectivity index (χ4v) is 6.93. The number of hydrogen-bond acceptors (Lipinski definition) is 5. The monoisotopic (exact) mass is 380 g/mol. The Morgan fingerprint density at radius 3 is 2.50 bits per heavy atom. The third-order valence-electron chi connectivity index (χ3n) is 6.18. The van der Waals surface area contributed by atoms with E-state index >= 15 is 0 Å². The highest BCUT2D eigenvalue weighted by atomic mass is 32.2. The van der Waals surface area contributed by atoms with Crippen molar-refractivity contribution in [3.05, 3.63) is 30.3 Å². The van der Waals surface area contributed by atoms with E-state index < -0.39 is 20.0 Å². The van der Waals surface area contributed by atoms with Crippen molar-refractivity contribution in [3.8, 4) is 0 Å². The molecule has 0 aromatic heterocycles. The Kier molecular flexibility index (Phi) is 5.56. The maximum Gasteiger partial charge on any atom is 0.191 e. The van der Waals surface area contributed by atoms with Crippen LogP contribution in [0.25, 0.3) is 0 Å². The van der Waals surface area contributed by atoms with Crippen LogP contribution in [0.5, 0.6) is 0 Å². The molecule has 1 saturated carbocycles. The normalized spacial score (nSPS) is 32.0. The van der Waals surface area contributed by atoms with Crippen LogP contribution in [-0.2, 0) is 24.1 Å². The average Bonchev–Trinajstić information content (AvgIpc) is 2.62. The standard InChI is InChI=1S/C20H28O5S/c1-16(21)20(26(22,23)17-8-4-3-5-9-17)12-11-19(20,2)13-15-25-18-10-6-7-14-24-18/h3-5,8-9,18H,6-7,10-15H2,1-2H3/t18?,19-,20-/m1/s1. The fourth-order valence-electron chi connectivity index (χ4n) is 4.41. The number of ketones is 1. The highest BCUT2D eigenvalue weighted by Crippen LogP contribution is 2.58. The molecule has 3 atom stereocenters. The number of carbonyl (C=O) groups is 1. The van der Waals surface area contributed by atoms with Gasteiger partial charge in [0.05, 0.1) is 11.5 Å². The SMILES string of the molecule is CC(=O)[C@]1(S(=O)(=O)c2ccccc2)CC[C@]1(C)CCOC1CCCCO1. The summed E-state index contributed by atoms with van der Waals surface area (Å²) in [6.07, 6.45) is 4.41. The van der Waals surface area contributed by atoms with Crippen LogP contribution in [0.4, 0.5) is 0 Å². The largest absolute Gasteiger partial charge is 0.353 e. The van der Waals surface area contributed by atoms with Crippen molar-refractivity contribution in [2.75, 3.05) is 13.2 Å². The van der Waals surface area contributed by atoms with Gasteiger partial charge in [0.2, 0.25) is 0 Å². The van der Waals surface area contributed by atoms with Crippen molar-refractivity contribution in [2.24, 2.45) is 5.41 Å². The van der Waals surface area contributed by atoms with Crippen molar-refractivity contribution < 1.29 is 22.7 Å². The quantitative estimate of drug-likeness (QED) is 0.724. The molecule has 1 aromatic carbocycles.